The fourth-order valence-electron chi connectivity index (χ4n) is 1.84. The van der Waals surface area contributed by atoms with E-state index < -0.39 is 6.10 Å². The first-order valence-corrected chi connectivity index (χ1v) is 6.36. The fraction of sp³-hybridized carbons (Fsp3) is 0.538. The third-order valence-corrected chi connectivity index (χ3v) is 2.89. The zero-order valence-corrected chi connectivity index (χ0v) is 11.1. The molecule has 0 radical (unpaired) electrons. The third-order valence-electron chi connectivity index (χ3n) is 2.89. The van der Waals surface area contributed by atoms with Crippen LogP contribution in [-0.2, 0) is 6.54 Å². The maximum atomic E-state index is 10.3. The molecule has 0 aliphatic rings. The van der Waals surface area contributed by atoms with E-state index in [1.165, 1.54) is 0 Å². The summed E-state index contributed by atoms with van der Waals surface area (Å²) >= 11 is 0. The molecule has 0 aromatic carbocycles. The molecule has 1 atom stereocenters. The molecule has 2 aromatic heterocycles. The number of hydrogen-bond donors (Lipinski definition) is 1. The van der Waals surface area contributed by atoms with Gasteiger partial charge in [-0.05, 0) is 20.3 Å². The first-order chi connectivity index (χ1) is 8.61. The van der Waals surface area contributed by atoms with Gasteiger partial charge in [0.2, 0.25) is 0 Å². The van der Waals surface area contributed by atoms with Crippen LogP contribution in [-0.4, -0.2) is 24.7 Å². The Morgan fingerprint density at radius 1 is 1.17 bits per heavy atom. The molecule has 0 saturated heterocycles. The van der Waals surface area contributed by atoms with Gasteiger partial charge in [-0.1, -0.05) is 6.92 Å². The normalized spacial score (nSPS) is 13.2. The number of aliphatic hydroxyl groups excluding tert-OH is 1. The van der Waals surface area contributed by atoms with Crippen molar-refractivity contribution in [2.24, 2.45) is 0 Å². The van der Waals surface area contributed by atoms with E-state index in [0.717, 1.165) is 24.1 Å². The largest absolute Gasteiger partial charge is 0.383 e. The molecule has 18 heavy (non-hydrogen) atoms. The molecule has 0 aliphatic heterocycles. The maximum Gasteiger partial charge on any atom is 0.110 e. The molecule has 0 saturated carbocycles. The summed E-state index contributed by atoms with van der Waals surface area (Å²) < 4.78 is 3.69. The number of hydrogen-bond acceptors (Lipinski definition) is 3. The van der Waals surface area contributed by atoms with Crippen LogP contribution in [0.5, 0.6) is 0 Å². The molecule has 5 nitrogen and oxygen atoms in total. The van der Waals surface area contributed by atoms with Gasteiger partial charge in [0.15, 0.2) is 0 Å². The van der Waals surface area contributed by atoms with Crippen molar-refractivity contribution in [2.45, 2.75) is 45.9 Å². The summed E-state index contributed by atoms with van der Waals surface area (Å²) in [5.41, 5.74) is 1.62. The quantitative estimate of drug-likeness (QED) is 0.882. The molecule has 2 aromatic rings. The highest BCUT2D eigenvalue weighted by atomic mass is 16.3. The SMILES string of the molecule is CCCn1cc(C(O)c2cnn(C(C)C)c2)cn1. The lowest BCUT2D eigenvalue weighted by Gasteiger charge is -2.06. The van der Waals surface area contributed by atoms with Gasteiger partial charge in [0, 0.05) is 36.1 Å². The van der Waals surface area contributed by atoms with E-state index in [9.17, 15) is 5.11 Å². The predicted octanol–water partition coefficient (Wildman–Crippen LogP) is 2.15. The lowest BCUT2D eigenvalue weighted by molar-refractivity contribution is 0.220. The number of aromatic nitrogens is 4. The van der Waals surface area contributed by atoms with Gasteiger partial charge in [-0.15, -0.1) is 0 Å². The zero-order valence-electron chi connectivity index (χ0n) is 11.1. The van der Waals surface area contributed by atoms with Crippen molar-refractivity contribution < 1.29 is 5.11 Å². The Balaban J connectivity index is 2.15. The van der Waals surface area contributed by atoms with Crippen LogP contribution < -0.4 is 0 Å². The van der Waals surface area contributed by atoms with E-state index in [0.29, 0.717) is 6.04 Å². The highest BCUT2D eigenvalue weighted by molar-refractivity contribution is 5.22. The smallest absolute Gasteiger partial charge is 0.110 e. The van der Waals surface area contributed by atoms with Crippen LogP contribution in [0.1, 0.15) is 50.5 Å². The average molecular weight is 248 g/mol. The Morgan fingerprint density at radius 3 is 2.44 bits per heavy atom. The topological polar surface area (TPSA) is 55.9 Å². The second kappa shape index (κ2) is 5.35. The van der Waals surface area contributed by atoms with Crippen molar-refractivity contribution in [3.05, 3.63) is 35.9 Å². The van der Waals surface area contributed by atoms with Gasteiger partial charge < -0.3 is 5.11 Å². The molecule has 5 heteroatoms. The summed E-state index contributed by atoms with van der Waals surface area (Å²) in [4.78, 5) is 0. The minimum Gasteiger partial charge on any atom is -0.383 e. The minimum absolute atomic E-state index is 0.300. The molecular weight excluding hydrogens is 228 g/mol. The van der Waals surface area contributed by atoms with Gasteiger partial charge in [-0.3, -0.25) is 9.36 Å². The number of rotatable bonds is 5. The van der Waals surface area contributed by atoms with E-state index in [2.05, 4.69) is 31.0 Å². The van der Waals surface area contributed by atoms with Crippen LogP contribution in [0.25, 0.3) is 0 Å². The van der Waals surface area contributed by atoms with Gasteiger partial charge >= 0.3 is 0 Å². The molecule has 0 amide bonds. The second-order valence-electron chi connectivity index (χ2n) is 4.79. The van der Waals surface area contributed by atoms with Crippen LogP contribution in [0.3, 0.4) is 0 Å². The highest BCUT2D eigenvalue weighted by Gasteiger charge is 2.15. The van der Waals surface area contributed by atoms with Gasteiger partial charge in [0.05, 0.1) is 12.4 Å². The summed E-state index contributed by atoms with van der Waals surface area (Å²) in [6.45, 7) is 7.09. The molecule has 1 N–H and O–H groups in total. The van der Waals surface area contributed by atoms with E-state index in [1.54, 1.807) is 12.4 Å². The Hall–Kier alpha value is -1.62. The number of aliphatic hydroxyl groups is 1. The Kier molecular flexibility index (Phi) is 3.81. The first kappa shape index (κ1) is 12.8. The molecule has 2 heterocycles. The van der Waals surface area contributed by atoms with Crippen LogP contribution in [0.4, 0.5) is 0 Å². The molecule has 98 valence electrons. The predicted molar refractivity (Wildman–Crippen MR) is 69.2 cm³/mol. The summed E-state index contributed by atoms with van der Waals surface area (Å²) in [7, 11) is 0. The van der Waals surface area contributed by atoms with Gasteiger partial charge in [-0.2, -0.15) is 10.2 Å². The molecule has 0 aliphatic carbocycles. The van der Waals surface area contributed by atoms with Crippen molar-refractivity contribution in [1.82, 2.24) is 19.6 Å². The Labute approximate surface area is 107 Å². The average Bonchev–Trinajstić information content (AvgIpc) is 2.97. The second-order valence-corrected chi connectivity index (χ2v) is 4.79. The van der Waals surface area contributed by atoms with Crippen LogP contribution in [0.15, 0.2) is 24.8 Å². The van der Waals surface area contributed by atoms with Crippen molar-refractivity contribution in [1.29, 1.82) is 0 Å². The maximum absolute atomic E-state index is 10.3. The summed E-state index contributed by atoms with van der Waals surface area (Å²) in [5.74, 6) is 0. The third kappa shape index (κ3) is 2.61. The van der Waals surface area contributed by atoms with E-state index in [4.69, 9.17) is 0 Å². The molecule has 0 fully saturated rings. The van der Waals surface area contributed by atoms with Crippen molar-refractivity contribution in [3.63, 3.8) is 0 Å². The van der Waals surface area contributed by atoms with Crippen molar-refractivity contribution >= 4 is 0 Å². The molecule has 0 bridgehead atoms. The van der Waals surface area contributed by atoms with Crippen molar-refractivity contribution in [3.8, 4) is 0 Å². The van der Waals surface area contributed by atoms with E-state index in [-0.39, 0.29) is 0 Å². The lowest BCUT2D eigenvalue weighted by atomic mass is 10.1. The Bertz CT molecular complexity index is 501. The summed E-state index contributed by atoms with van der Waals surface area (Å²) in [6, 6.07) is 0.300. The number of nitrogens with zero attached hydrogens (tertiary/aromatic N) is 4. The van der Waals surface area contributed by atoms with Crippen molar-refractivity contribution in [2.75, 3.05) is 0 Å². The van der Waals surface area contributed by atoms with Crippen LogP contribution in [0.2, 0.25) is 0 Å². The van der Waals surface area contributed by atoms with Gasteiger partial charge in [0.25, 0.3) is 0 Å². The van der Waals surface area contributed by atoms with Crippen LogP contribution >= 0.6 is 0 Å². The summed E-state index contributed by atoms with van der Waals surface area (Å²) in [6.07, 6.45) is 7.58. The summed E-state index contributed by atoms with van der Waals surface area (Å²) in [5, 5.41) is 18.7. The molecule has 0 spiro atoms. The molecular formula is C13H20N4O. The lowest BCUT2D eigenvalue weighted by Crippen LogP contribution is -2.01. The van der Waals surface area contributed by atoms with Crippen LogP contribution in [0, 0.1) is 0 Å². The van der Waals surface area contributed by atoms with Gasteiger partial charge in [0.1, 0.15) is 6.10 Å². The highest BCUT2D eigenvalue weighted by Crippen LogP contribution is 2.21. The minimum atomic E-state index is -0.650. The standard InChI is InChI=1S/C13H20N4O/c1-4-5-16-8-11(6-14-16)13(18)12-7-15-17(9-12)10(2)3/h6-10,13,18H,4-5H2,1-3H3. The number of aryl methyl sites for hydroxylation is 1. The van der Waals surface area contributed by atoms with Gasteiger partial charge in [-0.25, -0.2) is 0 Å². The zero-order chi connectivity index (χ0) is 13.1. The van der Waals surface area contributed by atoms with E-state index >= 15 is 0 Å². The first-order valence-electron chi connectivity index (χ1n) is 6.36. The molecule has 1 unspecified atom stereocenters. The fourth-order valence-corrected chi connectivity index (χ4v) is 1.84. The Morgan fingerprint density at radius 2 is 1.83 bits per heavy atom. The monoisotopic (exact) mass is 248 g/mol. The molecule has 2 rings (SSSR count). The van der Waals surface area contributed by atoms with E-state index in [1.807, 2.05) is 21.8 Å².